The quantitative estimate of drug-likeness (QED) is 0.422. The van der Waals surface area contributed by atoms with Gasteiger partial charge in [-0.2, -0.15) is 0 Å². The molecule has 2 aliphatic heterocycles. The van der Waals surface area contributed by atoms with E-state index in [0.29, 0.717) is 13.1 Å². The van der Waals surface area contributed by atoms with Gasteiger partial charge in [-0.1, -0.05) is 48.5 Å². The molecule has 0 spiro atoms. The van der Waals surface area contributed by atoms with Crippen LogP contribution in [-0.4, -0.2) is 85.4 Å². The summed E-state index contributed by atoms with van der Waals surface area (Å²) in [4.78, 5) is 32.6. The number of rotatable bonds is 8. The van der Waals surface area contributed by atoms with Crippen molar-refractivity contribution in [2.45, 2.75) is 31.5 Å². The van der Waals surface area contributed by atoms with Crippen molar-refractivity contribution in [3.05, 3.63) is 71.6 Å². The second-order valence-electron chi connectivity index (χ2n) is 10.2. The molecule has 1 atom stereocenters. The fraction of sp³-hybridized carbons (Fsp3) is 0.400. The van der Waals surface area contributed by atoms with Crippen LogP contribution >= 0.6 is 11.3 Å². The highest BCUT2D eigenvalue weighted by molar-refractivity contribution is 7.18. The number of aliphatic hydroxyl groups excluding tert-OH is 1. The molecule has 1 aromatic heterocycles. The van der Waals surface area contributed by atoms with E-state index >= 15 is 0 Å². The number of hydrogen-bond donors (Lipinski definition) is 2. The summed E-state index contributed by atoms with van der Waals surface area (Å²) in [5.41, 5.74) is 2.72. The number of carbonyl (C=O) groups excluding carboxylic acids is 2. The Labute approximate surface area is 233 Å². The van der Waals surface area contributed by atoms with Crippen molar-refractivity contribution in [1.82, 2.24) is 9.80 Å². The van der Waals surface area contributed by atoms with Crippen molar-refractivity contribution in [3.63, 3.8) is 0 Å². The van der Waals surface area contributed by atoms with E-state index in [2.05, 4.69) is 15.1 Å². The molecular formula is C30H36N4O4S. The van der Waals surface area contributed by atoms with Crippen molar-refractivity contribution in [2.24, 2.45) is 0 Å². The number of hydrogen-bond acceptors (Lipinski definition) is 7. The number of likely N-dealkylation sites (N-methyl/N-ethyl adjacent to an activating group) is 1. The minimum absolute atomic E-state index is 0.0247. The Bertz CT molecular complexity index is 1260. The van der Waals surface area contributed by atoms with Gasteiger partial charge in [0, 0.05) is 51.9 Å². The Morgan fingerprint density at radius 2 is 1.74 bits per heavy atom. The maximum absolute atomic E-state index is 12.9. The van der Waals surface area contributed by atoms with Crippen LogP contribution in [0.4, 0.5) is 15.5 Å². The van der Waals surface area contributed by atoms with Gasteiger partial charge in [0.25, 0.3) is 5.91 Å². The van der Waals surface area contributed by atoms with Gasteiger partial charge < -0.3 is 24.5 Å². The van der Waals surface area contributed by atoms with Gasteiger partial charge in [0.15, 0.2) is 0 Å². The highest BCUT2D eigenvalue weighted by Gasteiger charge is 2.25. The SMILES string of the molecule is CN(CCN1CCC(OC(=O)Nc2ccccc2-c2ccccc2)CC1)C(=O)c1ccc(N2CCC(O)C2)s1. The lowest BCUT2D eigenvalue weighted by Crippen LogP contribution is -2.42. The topological polar surface area (TPSA) is 85.4 Å². The largest absolute Gasteiger partial charge is 0.446 e. The lowest BCUT2D eigenvalue weighted by Gasteiger charge is -2.32. The van der Waals surface area contributed by atoms with Crippen LogP contribution in [0.25, 0.3) is 11.1 Å². The monoisotopic (exact) mass is 548 g/mol. The maximum Gasteiger partial charge on any atom is 0.411 e. The molecular weight excluding hydrogens is 512 g/mol. The number of ether oxygens (including phenoxy) is 1. The van der Waals surface area contributed by atoms with E-state index in [1.165, 1.54) is 11.3 Å². The number of carbonyl (C=O) groups is 2. The third kappa shape index (κ3) is 6.98. The predicted molar refractivity (Wildman–Crippen MR) is 156 cm³/mol. The van der Waals surface area contributed by atoms with Gasteiger partial charge in [-0.15, -0.1) is 11.3 Å². The summed E-state index contributed by atoms with van der Waals surface area (Å²) in [6, 6.07) is 21.6. The number of β-amino-alcohol motifs (C(OH)–C–C–N with tert-alkyl or cyclic N) is 1. The molecule has 3 aromatic rings. The standard InChI is InChI=1S/C30H36N4O4S/c1-32(29(36)27-11-12-28(39-27)34-18-13-23(35)21-34)19-20-33-16-14-24(15-17-33)38-30(37)31-26-10-6-5-9-25(26)22-7-3-2-4-8-22/h2-12,23-24,35H,13-21H2,1H3,(H,31,37). The molecule has 2 aromatic carbocycles. The summed E-state index contributed by atoms with van der Waals surface area (Å²) in [6.45, 7) is 4.51. The molecule has 5 rings (SSSR count). The van der Waals surface area contributed by atoms with Crippen LogP contribution in [0.5, 0.6) is 0 Å². The van der Waals surface area contributed by atoms with Gasteiger partial charge in [0.2, 0.25) is 0 Å². The van der Waals surface area contributed by atoms with Crippen LogP contribution in [0.15, 0.2) is 66.7 Å². The third-order valence-electron chi connectivity index (χ3n) is 7.43. The first-order valence-electron chi connectivity index (χ1n) is 13.6. The van der Waals surface area contributed by atoms with Crippen LogP contribution in [0, 0.1) is 0 Å². The fourth-order valence-electron chi connectivity index (χ4n) is 5.14. The number of nitrogens with one attached hydrogen (secondary N) is 1. The Morgan fingerprint density at radius 1 is 1.00 bits per heavy atom. The molecule has 3 heterocycles. The Morgan fingerprint density at radius 3 is 2.49 bits per heavy atom. The maximum atomic E-state index is 12.9. The van der Waals surface area contributed by atoms with E-state index in [-0.39, 0.29) is 18.1 Å². The predicted octanol–water partition coefficient (Wildman–Crippen LogP) is 4.77. The molecule has 0 aliphatic carbocycles. The van der Waals surface area contributed by atoms with Crippen molar-refractivity contribution in [2.75, 3.05) is 56.5 Å². The van der Waals surface area contributed by atoms with Crippen molar-refractivity contribution in [1.29, 1.82) is 0 Å². The summed E-state index contributed by atoms with van der Waals surface area (Å²) in [5.74, 6) is 0.0247. The molecule has 39 heavy (non-hydrogen) atoms. The number of thiophene rings is 1. The first kappa shape index (κ1) is 27.2. The zero-order valence-electron chi connectivity index (χ0n) is 22.3. The minimum atomic E-state index is -0.430. The van der Waals surface area contributed by atoms with E-state index < -0.39 is 6.09 Å². The lowest BCUT2D eigenvalue weighted by molar-refractivity contribution is 0.0541. The average molecular weight is 549 g/mol. The smallest absolute Gasteiger partial charge is 0.411 e. The molecule has 0 saturated carbocycles. The molecule has 2 aliphatic rings. The molecule has 2 saturated heterocycles. The van der Waals surface area contributed by atoms with Crippen molar-refractivity contribution in [3.8, 4) is 11.1 Å². The fourth-order valence-corrected chi connectivity index (χ4v) is 6.17. The summed E-state index contributed by atoms with van der Waals surface area (Å²) >= 11 is 1.49. The average Bonchev–Trinajstić information content (AvgIpc) is 3.62. The van der Waals surface area contributed by atoms with Crippen LogP contribution in [-0.2, 0) is 4.74 Å². The number of para-hydroxylation sites is 1. The van der Waals surface area contributed by atoms with Gasteiger partial charge in [-0.3, -0.25) is 10.1 Å². The number of benzene rings is 2. The number of anilines is 2. The molecule has 0 radical (unpaired) electrons. The summed E-state index contributed by atoms with van der Waals surface area (Å²) in [5, 5.41) is 13.7. The molecule has 0 bridgehead atoms. The van der Waals surface area contributed by atoms with Gasteiger partial charge >= 0.3 is 6.09 Å². The molecule has 206 valence electrons. The normalized spacial score (nSPS) is 18.2. The summed E-state index contributed by atoms with van der Waals surface area (Å²) in [6.07, 6.45) is 1.46. The molecule has 9 heteroatoms. The van der Waals surface area contributed by atoms with Crippen LogP contribution in [0.3, 0.4) is 0 Å². The van der Waals surface area contributed by atoms with Crippen LogP contribution in [0.1, 0.15) is 28.9 Å². The summed E-state index contributed by atoms with van der Waals surface area (Å²) in [7, 11) is 1.84. The van der Waals surface area contributed by atoms with Crippen LogP contribution in [0.2, 0.25) is 0 Å². The number of aliphatic hydroxyl groups is 1. The molecule has 8 nitrogen and oxygen atoms in total. The van der Waals surface area contributed by atoms with Crippen LogP contribution < -0.4 is 10.2 Å². The second-order valence-corrected chi connectivity index (χ2v) is 11.3. The number of likely N-dealkylation sites (tertiary alicyclic amines) is 1. The van der Waals surface area contributed by atoms with E-state index in [9.17, 15) is 14.7 Å². The number of nitrogens with zero attached hydrogens (tertiary/aromatic N) is 3. The molecule has 1 unspecified atom stereocenters. The van der Waals surface area contributed by atoms with Gasteiger partial charge in [0.1, 0.15) is 6.10 Å². The van der Waals surface area contributed by atoms with E-state index in [1.54, 1.807) is 4.90 Å². The number of piperidine rings is 1. The Hall–Kier alpha value is -3.40. The zero-order valence-corrected chi connectivity index (χ0v) is 23.1. The van der Waals surface area contributed by atoms with E-state index in [4.69, 9.17) is 4.74 Å². The first-order chi connectivity index (χ1) is 19.0. The van der Waals surface area contributed by atoms with Gasteiger partial charge in [-0.25, -0.2) is 4.79 Å². The Kier molecular flexibility index (Phi) is 8.81. The van der Waals surface area contributed by atoms with Crippen molar-refractivity contribution < 1.29 is 19.4 Å². The molecule has 2 amide bonds. The summed E-state index contributed by atoms with van der Waals surface area (Å²) < 4.78 is 5.75. The van der Waals surface area contributed by atoms with Gasteiger partial charge in [0.05, 0.1) is 21.7 Å². The van der Waals surface area contributed by atoms with Gasteiger partial charge in [-0.05, 0) is 43.0 Å². The van der Waals surface area contributed by atoms with E-state index in [0.717, 1.165) is 72.1 Å². The number of amides is 2. The highest BCUT2D eigenvalue weighted by Crippen LogP contribution is 2.30. The zero-order chi connectivity index (χ0) is 27.2. The molecule has 2 N–H and O–H groups in total. The Balaban J connectivity index is 1.04. The van der Waals surface area contributed by atoms with E-state index in [1.807, 2.05) is 73.8 Å². The second kappa shape index (κ2) is 12.6. The van der Waals surface area contributed by atoms with Crippen molar-refractivity contribution >= 4 is 34.0 Å². The first-order valence-corrected chi connectivity index (χ1v) is 14.4. The third-order valence-corrected chi connectivity index (χ3v) is 8.57. The minimum Gasteiger partial charge on any atom is -0.446 e. The lowest BCUT2D eigenvalue weighted by atomic mass is 10.0. The highest BCUT2D eigenvalue weighted by atomic mass is 32.1. The molecule has 2 fully saturated rings.